The Labute approximate surface area is 98.0 Å². The number of amides is 1. The van der Waals surface area contributed by atoms with E-state index >= 15 is 0 Å². The van der Waals surface area contributed by atoms with Gasteiger partial charge in [-0.3, -0.25) is 4.79 Å². The molecular weight excluding hydrogens is 204 g/mol. The van der Waals surface area contributed by atoms with Crippen molar-refractivity contribution in [3.05, 3.63) is 0 Å². The number of carbonyl (C=O) groups is 1. The molecule has 1 aliphatic carbocycles. The van der Waals surface area contributed by atoms with E-state index < -0.39 is 0 Å². The van der Waals surface area contributed by atoms with E-state index in [0.29, 0.717) is 5.92 Å². The van der Waals surface area contributed by atoms with Crippen molar-refractivity contribution in [3.8, 4) is 0 Å². The number of hydrogen-bond donors (Lipinski definition) is 2. The summed E-state index contributed by atoms with van der Waals surface area (Å²) in [7, 11) is 3.54. The highest BCUT2D eigenvalue weighted by molar-refractivity contribution is 5.80. The van der Waals surface area contributed by atoms with Gasteiger partial charge in [-0.15, -0.1) is 0 Å². The van der Waals surface area contributed by atoms with Gasteiger partial charge in [-0.05, 0) is 38.6 Å². The largest absolute Gasteiger partial charge is 0.393 e. The fraction of sp³-hybridized carbons (Fsp3) is 0.917. The lowest BCUT2D eigenvalue weighted by atomic mass is 9.87. The first-order chi connectivity index (χ1) is 7.50. The second kappa shape index (κ2) is 6.21. The van der Waals surface area contributed by atoms with Crippen molar-refractivity contribution in [2.45, 2.75) is 44.8 Å². The molecule has 1 aliphatic rings. The zero-order chi connectivity index (χ0) is 12.1. The fourth-order valence-corrected chi connectivity index (χ4v) is 2.27. The number of likely N-dealkylation sites (N-methyl/N-ethyl adjacent to an activating group) is 1. The summed E-state index contributed by atoms with van der Waals surface area (Å²) in [5.41, 5.74) is 0. The van der Waals surface area contributed by atoms with E-state index in [9.17, 15) is 9.90 Å². The van der Waals surface area contributed by atoms with Gasteiger partial charge in [0.15, 0.2) is 0 Å². The van der Waals surface area contributed by atoms with Crippen LogP contribution in [0.3, 0.4) is 0 Å². The van der Waals surface area contributed by atoms with Crippen molar-refractivity contribution in [3.63, 3.8) is 0 Å². The highest BCUT2D eigenvalue weighted by atomic mass is 16.3. The maximum absolute atomic E-state index is 11.6. The number of rotatable bonds is 4. The molecule has 16 heavy (non-hydrogen) atoms. The van der Waals surface area contributed by atoms with Gasteiger partial charge in [0.05, 0.1) is 12.1 Å². The van der Waals surface area contributed by atoms with Crippen LogP contribution < -0.4 is 5.32 Å². The minimum Gasteiger partial charge on any atom is -0.393 e. The zero-order valence-corrected chi connectivity index (χ0v) is 10.6. The minimum atomic E-state index is -0.139. The van der Waals surface area contributed by atoms with Crippen LogP contribution in [0.1, 0.15) is 32.6 Å². The molecule has 0 aromatic heterocycles. The number of aliphatic hydroxyl groups is 1. The number of carbonyl (C=O) groups excluding carboxylic acids is 1. The molecule has 0 aromatic carbocycles. The molecule has 3 atom stereocenters. The second-order valence-corrected chi connectivity index (χ2v) is 5.05. The molecule has 0 spiro atoms. The van der Waals surface area contributed by atoms with Gasteiger partial charge in [0.2, 0.25) is 5.91 Å². The summed E-state index contributed by atoms with van der Waals surface area (Å²) >= 11 is 0. The Balaban J connectivity index is 2.25. The SMILES string of the molecule is CC(NCC1CCCC(O)C1)C(=O)N(C)C. The molecule has 1 rings (SSSR count). The fourth-order valence-electron chi connectivity index (χ4n) is 2.27. The van der Waals surface area contributed by atoms with Crippen LogP contribution >= 0.6 is 0 Å². The van der Waals surface area contributed by atoms with Crippen LogP contribution in [-0.2, 0) is 4.79 Å². The van der Waals surface area contributed by atoms with Crippen molar-refractivity contribution in [2.75, 3.05) is 20.6 Å². The van der Waals surface area contributed by atoms with Gasteiger partial charge in [-0.1, -0.05) is 6.42 Å². The Morgan fingerprint density at radius 3 is 2.75 bits per heavy atom. The molecule has 0 aliphatic heterocycles. The zero-order valence-electron chi connectivity index (χ0n) is 10.6. The molecule has 1 saturated carbocycles. The van der Waals surface area contributed by atoms with Crippen molar-refractivity contribution < 1.29 is 9.90 Å². The average molecular weight is 228 g/mol. The molecule has 3 unspecified atom stereocenters. The van der Waals surface area contributed by atoms with E-state index in [4.69, 9.17) is 0 Å². The lowest BCUT2D eigenvalue weighted by Gasteiger charge is -2.27. The van der Waals surface area contributed by atoms with Gasteiger partial charge in [0.1, 0.15) is 0 Å². The predicted octanol–water partition coefficient (Wildman–Crippen LogP) is 0.604. The van der Waals surface area contributed by atoms with Gasteiger partial charge < -0.3 is 15.3 Å². The first kappa shape index (κ1) is 13.5. The van der Waals surface area contributed by atoms with Crippen LogP contribution in [0, 0.1) is 5.92 Å². The molecule has 0 saturated heterocycles. The smallest absolute Gasteiger partial charge is 0.238 e. The number of aliphatic hydroxyl groups excluding tert-OH is 1. The second-order valence-electron chi connectivity index (χ2n) is 5.05. The van der Waals surface area contributed by atoms with Crippen LogP contribution in [0.15, 0.2) is 0 Å². The molecule has 94 valence electrons. The minimum absolute atomic E-state index is 0.108. The summed E-state index contributed by atoms with van der Waals surface area (Å²) in [5, 5.41) is 12.8. The molecule has 4 heteroatoms. The lowest BCUT2D eigenvalue weighted by molar-refractivity contribution is -0.130. The van der Waals surface area contributed by atoms with Crippen LogP contribution in [0.25, 0.3) is 0 Å². The number of hydrogen-bond acceptors (Lipinski definition) is 3. The van der Waals surface area contributed by atoms with Gasteiger partial charge in [-0.2, -0.15) is 0 Å². The number of nitrogens with zero attached hydrogens (tertiary/aromatic N) is 1. The summed E-state index contributed by atoms with van der Waals surface area (Å²) in [4.78, 5) is 13.2. The molecule has 2 N–H and O–H groups in total. The first-order valence-corrected chi connectivity index (χ1v) is 6.13. The molecule has 1 fully saturated rings. The summed E-state index contributed by atoms with van der Waals surface area (Å²) in [6.45, 7) is 2.72. The predicted molar refractivity (Wildman–Crippen MR) is 64.1 cm³/mol. The van der Waals surface area contributed by atoms with Crippen molar-refractivity contribution in [2.24, 2.45) is 5.92 Å². The van der Waals surface area contributed by atoms with Gasteiger partial charge in [0, 0.05) is 14.1 Å². The third kappa shape index (κ3) is 4.10. The Morgan fingerprint density at radius 2 is 2.19 bits per heavy atom. The molecule has 0 aromatic rings. The third-order valence-electron chi connectivity index (χ3n) is 3.28. The van der Waals surface area contributed by atoms with Crippen LogP contribution in [0.4, 0.5) is 0 Å². The van der Waals surface area contributed by atoms with Crippen LogP contribution in [0.2, 0.25) is 0 Å². The molecule has 4 nitrogen and oxygen atoms in total. The Kier molecular flexibility index (Phi) is 5.22. The normalized spacial score (nSPS) is 27.5. The van der Waals surface area contributed by atoms with E-state index in [-0.39, 0.29) is 18.1 Å². The highest BCUT2D eigenvalue weighted by Crippen LogP contribution is 2.23. The summed E-state index contributed by atoms with van der Waals surface area (Å²) in [6, 6.07) is -0.130. The molecule has 0 bridgehead atoms. The van der Waals surface area contributed by atoms with E-state index in [1.54, 1.807) is 19.0 Å². The summed E-state index contributed by atoms with van der Waals surface area (Å²) in [6.07, 6.45) is 3.93. The van der Waals surface area contributed by atoms with E-state index in [2.05, 4.69) is 5.32 Å². The monoisotopic (exact) mass is 228 g/mol. The van der Waals surface area contributed by atoms with Crippen molar-refractivity contribution in [1.29, 1.82) is 0 Å². The van der Waals surface area contributed by atoms with E-state index in [0.717, 1.165) is 32.2 Å². The van der Waals surface area contributed by atoms with E-state index in [1.807, 2.05) is 6.92 Å². The molecule has 0 heterocycles. The molecule has 1 amide bonds. The summed E-state index contributed by atoms with van der Waals surface area (Å²) in [5.74, 6) is 0.623. The van der Waals surface area contributed by atoms with Gasteiger partial charge >= 0.3 is 0 Å². The number of nitrogens with one attached hydrogen (secondary N) is 1. The van der Waals surface area contributed by atoms with Crippen molar-refractivity contribution in [1.82, 2.24) is 10.2 Å². The Morgan fingerprint density at radius 1 is 1.50 bits per heavy atom. The topological polar surface area (TPSA) is 52.6 Å². The molecule has 0 radical (unpaired) electrons. The lowest BCUT2D eigenvalue weighted by Crippen LogP contribution is -2.43. The third-order valence-corrected chi connectivity index (χ3v) is 3.28. The average Bonchev–Trinajstić information content (AvgIpc) is 2.24. The first-order valence-electron chi connectivity index (χ1n) is 6.13. The Hall–Kier alpha value is -0.610. The maximum atomic E-state index is 11.6. The standard InChI is InChI=1S/C12H24N2O2/c1-9(12(16)14(2)3)13-8-10-5-4-6-11(15)7-10/h9-11,13,15H,4-8H2,1-3H3. The van der Waals surface area contributed by atoms with Crippen LogP contribution in [0.5, 0.6) is 0 Å². The van der Waals surface area contributed by atoms with Gasteiger partial charge in [-0.25, -0.2) is 0 Å². The van der Waals surface area contributed by atoms with Crippen LogP contribution in [-0.4, -0.2) is 48.7 Å². The highest BCUT2D eigenvalue weighted by Gasteiger charge is 2.21. The van der Waals surface area contributed by atoms with E-state index in [1.165, 1.54) is 0 Å². The van der Waals surface area contributed by atoms with Gasteiger partial charge in [0.25, 0.3) is 0 Å². The Bertz CT molecular complexity index is 231. The van der Waals surface area contributed by atoms with Crippen molar-refractivity contribution >= 4 is 5.91 Å². The quantitative estimate of drug-likeness (QED) is 0.741. The maximum Gasteiger partial charge on any atom is 0.238 e. The summed E-state index contributed by atoms with van der Waals surface area (Å²) < 4.78 is 0. The molecular formula is C12H24N2O2.